The van der Waals surface area contributed by atoms with Crippen LogP contribution in [-0.2, 0) is 18.4 Å². The maximum absolute atomic E-state index is 12.7. The molecule has 0 bridgehead atoms. The quantitative estimate of drug-likeness (QED) is 0.288. The first-order valence-corrected chi connectivity index (χ1v) is 12.2. The molecule has 0 radical (unpaired) electrons. The lowest BCUT2D eigenvalue weighted by molar-refractivity contribution is -0.111. The largest absolute Gasteiger partial charge is 0.323 e. The van der Waals surface area contributed by atoms with Crippen LogP contribution in [0.5, 0.6) is 0 Å². The summed E-state index contributed by atoms with van der Waals surface area (Å²) in [6.45, 7) is 0.652. The van der Waals surface area contributed by atoms with Crippen molar-refractivity contribution < 1.29 is 4.79 Å². The minimum atomic E-state index is -0.210. The maximum atomic E-state index is 12.7. The summed E-state index contributed by atoms with van der Waals surface area (Å²) in [6.07, 6.45) is 6.98. The molecule has 36 heavy (non-hydrogen) atoms. The Morgan fingerprint density at radius 3 is 2.39 bits per heavy atom. The van der Waals surface area contributed by atoms with Crippen molar-refractivity contribution in [1.82, 2.24) is 24.5 Å². The van der Waals surface area contributed by atoms with E-state index in [9.17, 15) is 4.79 Å². The van der Waals surface area contributed by atoms with Crippen molar-refractivity contribution in [2.24, 2.45) is 7.05 Å². The summed E-state index contributed by atoms with van der Waals surface area (Å²) in [7, 11) is 1.90. The van der Waals surface area contributed by atoms with Gasteiger partial charge in [-0.15, -0.1) is 10.2 Å². The van der Waals surface area contributed by atoms with E-state index in [2.05, 4.69) is 27.6 Å². The van der Waals surface area contributed by atoms with Crippen LogP contribution in [-0.4, -0.2) is 30.5 Å². The summed E-state index contributed by atoms with van der Waals surface area (Å²) >= 11 is 1.51. The van der Waals surface area contributed by atoms with Gasteiger partial charge in [0.1, 0.15) is 6.33 Å². The molecule has 0 atom stereocenters. The van der Waals surface area contributed by atoms with Crippen molar-refractivity contribution >= 4 is 29.4 Å². The Labute approximate surface area is 213 Å². The first-order valence-electron chi connectivity index (χ1n) is 11.4. The summed E-state index contributed by atoms with van der Waals surface area (Å²) in [6, 6.07) is 27.8. The second-order valence-electron chi connectivity index (χ2n) is 8.16. The zero-order valence-corrected chi connectivity index (χ0v) is 20.5. The number of aryl methyl sites for hydroxylation is 1. The molecule has 2 heterocycles. The zero-order valence-electron chi connectivity index (χ0n) is 19.7. The lowest BCUT2D eigenvalue weighted by Crippen LogP contribution is -2.07. The molecule has 0 aliphatic carbocycles. The van der Waals surface area contributed by atoms with Crippen LogP contribution in [0.2, 0.25) is 0 Å². The third kappa shape index (κ3) is 5.79. The average molecular weight is 493 g/mol. The van der Waals surface area contributed by atoms with Crippen LogP contribution in [0.4, 0.5) is 5.69 Å². The van der Waals surface area contributed by atoms with Gasteiger partial charge in [-0.05, 0) is 47.7 Å². The van der Waals surface area contributed by atoms with E-state index in [1.165, 1.54) is 11.8 Å². The molecule has 2 aromatic heterocycles. The van der Waals surface area contributed by atoms with Gasteiger partial charge >= 0.3 is 0 Å². The highest BCUT2D eigenvalue weighted by atomic mass is 32.2. The van der Waals surface area contributed by atoms with E-state index in [0.29, 0.717) is 6.54 Å². The number of nitrogens with zero attached hydrogens (tertiary/aromatic N) is 5. The number of hydrogen-bond acceptors (Lipinski definition) is 5. The van der Waals surface area contributed by atoms with E-state index >= 15 is 0 Å². The van der Waals surface area contributed by atoms with Crippen LogP contribution in [0.3, 0.4) is 0 Å². The van der Waals surface area contributed by atoms with Crippen molar-refractivity contribution in [3.05, 3.63) is 115 Å². The first kappa shape index (κ1) is 23.3. The van der Waals surface area contributed by atoms with Gasteiger partial charge in [-0.1, -0.05) is 60.7 Å². The van der Waals surface area contributed by atoms with Crippen LogP contribution in [0, 0.1) is 0 Å². The third-order valence-corrected chi connectivity index (χ3v) is 6.50. The Morgan fingerprint density at radius 2 is 1.69 bits per heavy atom. The molecule has 0 spiro atoms. The normalized spacial score (nSPS) is 11.1. The van der Waals surface area contributed by atoms with Gasteiger partial charge in [-0.25, -0.2) is 0 Å². The summed E-state index contributed by atoms with van der Waals surface area (Å²) in [5.74, 6) is -0.210. The molecule has 5 aromatic rings. The number of carbonyl (C=O) groups excluding carboxylic acids is 1. The van der Waals surface area contributed by atoms with Gasteiger partial charge < -0.3 is 9.88 Å². The number of hydrogen-bond donors (Lipinski definition) is 1. The fraction of sp³-hybridized carbons (Fsp3) is 0.0714. The SMILES string of the molecule is Cn1cnnc1Sc1ccc(NC(=O)/C=C/c2cn(Cc3ccccc3)nc2-c2ccccc2)cc1. The van der Waals surface area contributed by atoms with E-state index < -0.39 is 0 Å². The van der Waals surface area contributed by atoms with Gasteiger partial charge in [-0.2, -0.15) is 5.10 Å². The molecule has 178 valence electrons. The molecule has 8 heteroatoms. The Kier molecular flexibility index (Phi) is 7.05. The van der Waals surface area contributed by atoms with Gasteiger partial charge in [0.2, 0.25) is 5.91 Å². The fourth-order valence-corrected chi connectivity index (χ4v) is 4.42. The molecule has 7 nitrogen and oxygen atoms in total. The van der Waals surface area contributed by atoms with Crippen molar-refractivity contribution in [2.45, 2.75) is 16.6 Å². The highest BCUT2D eigenvalue weighted by Crippen LogP contribution is 2.27. The number of carbonyl (C=O) groups is 1. The Balaban J connectivity index is 1.29. The Morgan fingerprint density at radius 1 is 0.972 bits per heavy atom. The summed E-state index contributed by atoms with van der Waals surface area (Å²) in [5.41, 5.74) is 4.59. The molecule has 0 saturated heterocycles. The molecular weight excluding hydrogens is 468 g/mol. The number of nitrogens with one attached hydrogen (secondary N) is 1. The van der Waals surface area contributed by atoms with Crippen LogP contribution in [0.25, 0.3) is 17.3 Å². The smallest absolute Gasteiger partial charge is 0.248 e. The second-order valence-corrected chi connectivity index (χ2v) is 9.20. The lowest BCUT2D eigenvalue weighted by atomic mass is 10.1. The number of rotatable bonds is 8. The zero-order chi connectivity index (χ0) is 24.7. The highest BCUT2D eigenvalue weighted by molar-refractivity contribution is 7.99. The van der Waals surface area contributed by atoms with Crippen molar-refractivity contribution in [3.8, 4) is 11.3 Å². The number of aromatic nitrogens is 5. The molecule has 1 N–H and O–H groups in total. The molecule has 3 aromatic carbocycles. The molecule has 1 amide bonds. The lowest BCUT2D eigenvalue weighted by Gasteiger charge is -2.04. The molecule has 5 rings (SSSR count). The molecule has 0 aliphatic heterocycles. The summed E-state index contributed by atoms with van der Waals surface area (Å²) in [4.78, 5) is 13.7. The second kappa shape index (κ2) is 10.9. The Bertz CT molecular complexity index is 1470. The van der Waals surface area contributed by atoms with Crippen molar-refractivity contribution in [1.29, 1.82) is 0 Å². The fourth-order valence-electron chi connectivity index (χ4n) is 3.66. The van der Waals surface area contributed by atoms with E-state index in [1.807, 2.05) is 101 Å². The standard InChI is InChI=1S/C28H24N6OS/c1-33-20-29-31-28(33)36-25-15-13-24(14-16-25)30-26(35)17-12-23-19-34(18-21-8-4-2-5-9-21)32-27(23)22-10-6-3-7-11-22/h2-17,19-20H,18H2,1H3,(H,30,35)/b17-12+. The van der Waals surface area contributed by atoms with E-state index in [-0.39, 0.29) is 5.91 Å². The predicted molar refractivity (Wildman–Crippen MR) is 142 cm³/mol. The number of benzene rings is 3. The molecular formula is C28H24N6OS. The van der Waals surface area contributed by atoms with Crippen molar-refractivity contribution in [2.75, 3.05) is 5.32 Å². The topological polar surface area (TPSA) is 77.6 Å². The highest BCUT2D eigenvalue weighted by Gasteiger charge is 2.10. The molecule has 0 unspecified atom stereocenters. The van der Waals surface area contributed by atoms with Crippen LogP contribution in [0.15, 0.2) is 114 Å². The van der Waals surface area contributed by atoms with Gasteiger partial charge in [0.15, 0.2) is 5.16 Å². The Hall–Kier alpha value is -4.43. The summed E-state index contributed by atoms with van der Waals surface area (Å²) < 4.78 is 3.76. The van der Waals surface area contributed by atoms with E-state index in [1.54, 1.807) is 12.4 Å². The van der Waals surface area contributed by atoms with Gasteiger partial charge in [0.25, 0.3) is 0 Å². The van der Waals surface area contributed by atoms with Crippen LogP contribution < -0.4 is 5.32 Å². The van der Waals surface area contributed by atoms with E-state index in [0.717, 1.165) is 38.1 Å². The predicted octanol–water partition coefficient (Wildman–Crippen LogP) is 5.53. The van der Waals surface area contributed by atoms with Gasteiger partial charge in [0.05, 0.1) is 12.2 Å². The maximum Gasteiger partial charge on any atom is 0.248 e. The minimum Gasteiger partial charge on any atom is -0.323 e. The first-order chi connectivity index (χ1) is 17.6. The summed E-state index contributed by atoms with van der Waals surface area (Å²) in [5, 5.41) is 16.5. The van der Waals surface area contributed by atoms with Gasteiger partial charge in [0, 0.05) is 41.0 Å². The molecule has 0 saturated carbocycles. The number of anilines is 1. The monoisotopic (exact) mass is 492 g/mol. The van der Waals surface area contributed by atoms with Crippen LogP contribution >= 0.6 is 11.8 Å². The van der Waals surface area contributed by atoms with Crippen molar-refractivity contribution in [3.63, 3.8) is 0 Å². The molecule has 0 aliphatic rings. The average Bonchev–Trinajstić information content (AvgIpc) is 3.50. The van der Waals surface area contributed by atoms with Gasteiger partial charge in [-0.3, -0.25) is 9.48 Å². The van der Waals surface area contributed by atoms with Crippen LogP contribution in [0.1, 0.15) is 11.1 Å². The van der Waals surface area contributed by atoms with E-state index in [4.69, 9.17) is 5.10 Å². The minimum absolute atomic E-state index is 0.210. The number of amides is 1. The third-order valence-electron chi connectivity index (χ3n) is 5.44. The molecule has 0 fully saturated rings.